The van der Waals surface area contributed by atoms with E-state index in [2.05, 4.69) is 10.3 Å². The summed E-state index contributed by atoms with van der Waals surface area (Å²) >= 11 is 7.17. The lowest BCUT2D eigenvalue weighted by Crippen LogP contribution is -2.29. The first-order chi connectivity index (χ1) is 8.08. The van der Waals surface area contributed by atoms with E-state index in [9.17, 15) is 4.79 Å². The van der Waals surface area contributed by atoms with Crippen LogP contribution >= 0.6 is 22.9 Å². The molecule has 1 saturated heterocycles. The van der Waals surface area contributed by atoms with Gasteiger partial charge in [-0.3, -0.25) is 4.79 Å². The summed E-state index contributed by atoms with van der Waals surface area (Å²) in [5.41, 5.74) is 0. The van der Waals surface area contributed by atoms with E-state index in [0.717, 1.165) is 0 Å². The van der Waals surface area contributed by atoms with Crippen LogP contribution < -0.4 is 5.32 Å². The molecule has 0 unspecified atom stereocenters. The molecule has 1 aliphatic rings. The van der Waals surface area contributed by atoms with Gasteiger partial charge in [-0.25, -0.2) is 4.98 Å². The molecule has 1 amide bonds. The largest absolute Gasteiger partial charge is 0.348 e. The van der Waals surface area contributed by atoms with Crippen molar-refractivity contribution < 1.29 is 14.3 Å². The van der Waals surface area contributed by atoms with Crippen LogP contribution in [0.15, 0.2) is 0 Å². The topological polar surface area (TPSA) is 60.5 Å². The van der Waals surface area contributed by atoms with E-state index in [1.54, 1.807) is 0 Å². The van der Waals surface area contributed by atoms with Crippen molar-refractivity contribution in [2.75, 3.05) is 13.2 Å². The van der Waals surface area contributed by atoms with Crippen LogP contribution in [0.3, 0.4) is 0 Å². The van der Waals surface area contributed by atoms with Crippen molar-refractivity contribution in [3.05, 3.63) is 15.0 Å². The van der Waals surface area contributed by atoms with Crippen molar-refractivity contribution in [2.24, 2.45) is 0 Å². The number of amides is 1. The Bertz CT molecular complexity index is 416. The van der Waals surface area contributed by atoms with Gasteiger partial charge in [0.05, 0.1) is 18.1 Å². The fraction of sp³-hybridized carbons (Fsp3) is 0.600. The molecule has 0 saturated carbocycles. The molecular formula is C10H13ClN2O3S. The lowest BCUT2D eigenvalue weighted by Gasteiger charge is -2.05. The number of carbonyl (C=O) groups excluding carboxylic acids is 1. The van der Waals surface area contributed by atoms with Gasteiger partial charge in [0.1, 0.15) is 5.15 Å². The number of hydrogen-bond acceptors (Lipinski definition) is 5. The summed E-state index contributed by atoms with van der Waals surface area (Å²) in [4.78, 5) is 16.4. The number of halogens is 1. The number of nitrogens with one attached hydrogen (secondary N) is 1. The second-order valence-electron chi connectivity index (χ2n) is 3.88. The molecular weight excluding hydrogens is 264 g/mol. The van der Waals surface area contributed by atoms with Crippen molar-refractivity contribution in [3.63, 3.8) is 0 Å². The highest BCUT2D eigenvalue weighted by Gasteiger charge is 2.26. The van der Waals surface area contributed by atoms with Crippen molar-refractivity contribution in [1.29, 1.82) is 0 Å². The summed E-state index contributed by atoms with van der Waals surface area (Å²) in [6.45, 7) is 4.84. The number of aromatic nitrogens is 1. The average Bonchev–Trinajstić information content (AvgIpc) is 2.84. The highest BCUT2D eigenvalue weighted by atomic mass is 35.5. The average molecular weight is 277 g/mol. The van der Waals surface area contributed by atoms with Crippen molar-refractivity contribution in [1.82, 2.24) is 10.3 Å². The second kappa shape index (κ2) is 5.30. The van der Waals surface area contributed by atoms with Gasteiger partial charge in [-0.1, -0.05) is 11.6 Å². The van der Waals surface area contributed by atoms with E-state index >= 15 is 0 Å². The molecule has 1 aromatic rings. The molecule has 7 heteroatoms. The van der Waals surface area contributed by atoms with Gasteiger partial charge in [-0.05, 0) is 13.8 Å². The summed E-state index contributed by atoms with van der Waals surface area (Å²) in [5, 5.41) is 3.36. The maximum absolute atomic E-state index is 11.7. The van der Waals surface area contributed by atoms with E-state index in [4.69, 9.17) is 21.1 Å². The smallest absolute Gasteiger partial charge is 0.280 e. The molecule has 5 nitrogen and oxygen atoms in total. The fourth-order valence-corrected chi connectivity index (χ4v) is 2.59. The maximum Gasteiger partial charge on any atom is 0.280 e. The summed E-state index contributed by atoms with van der Waals surface area (Å²) in [6, 6.07) is 0.0626. The van der Waals surface area contributed by atoms with Gasteiger partial charge in [0.25, 0.3) is 5.91 Å². The van der Waals surface area contributed by atoms with E-state index in [-0.39, 0.29) is 17.1 Å². The van der Waals surface area contributed by atoms with Crippen LogP contribution in [0.5, 0.6) is 0 Å². The molecule has 1 N–H and O–H groups in total. The molecule has 0 radical (unpaired) electrons. The van der Waals surface area contributed by atoms with Gasteiger partial charge in [0.15, 0.2) is 11.3 Å². The first-order valence-electron chi connectivity index (χ1n) is 5.28. The van der Waals surface area contributed by atoms with Gasteiger partial charge in [0, 0.05) is 6.04 Å². The minimum Gasteiger partial charge on any atom is -0.348 e. The van der Waals surface area contributed by atoms with Gasteiger partial charge < -0.3 is 14.8 Å². The first-order valence-corrected chi connectivity index (χ1v) is 6.47. The maximum atomic E-state index is 11.7. The van der Waals surface area contributed by atoms with Crippen molar-refractivity contribution in [3.8, 4) is 0 Å². The Kier molecular flexibility index (Phi) is 3.98. The number of ether oxygens (including phenoxy) is 2. The number of rotatable bonds is 3. The van der Waals surface area contributed by atoms with Crippen LogP contribution in [-0.4, -0.2) is 30.1 Å². The lowest BCUT2D eigenvalue weighted by atomic mass is 10.4. The minimum atomic E-state index is -0.486. The summed E-state index contributed by atoms with van der Waals surface area (Å²) in [7, 11) is 0. The van der Waals surface area contributed by atoms with Crippen LogP contribution in [0.25, 0.3) is 0 Å². The zero-order valence-electron chi connectivity index (χ0n) is 9.53. The van der Waals surface area contributed by atoms with Crippen molar-refractivity contribution in [2.45, 2.75) is 26.2 Å². The van der Waals surface area contributed by atoms with Gasteiger partial charge in [-0.2, -0.15) is 0 Å². The van der Waals surface area contributed by atoms with E-state index in [1.807, 2.05) is 13.8 Å². The molecule has 0 bridgehead atoms. The Morgan fingerprint density at radius 2 is 2.18 bits per heavy atom. The SMILES string of the molecule is CC(C)NC(=O)c1nc(Cl)c(C2OCCO2)s1. The first kappa shape index (κ1) is 12.8. The quantitative estimate of drug-likeness (QED) is 0.917. The molecule has 0 spiro atoms. The van der Waals surface area contributed by atoms with Crippen LogP contribution in [0.2, 0.25) is 5.15 Å². The highest BCUT2D eigenvalue weighted by molar-refractivity contribution is 7.14. The molecule has 1 aromatic heterocycles. The van der Waals surface area contributed by atoms with Crippen LogP contribution in [0, 0.1) is 0 Å². The third-order valence-corrected chi connectivity index (χ3v) is 3.54. The zero-order chi connectivity index (χ0) is 12.4. The Morgan fingerprint density at radius 1 is 1.53 bits per heavy atom. The highest BCUT2D eigenvalue weighted by Crippen LogP contribution is 2.34. The molecule has 1 aliphatic heterocycles. The van der Waals surface area contributed by atoms with E-state index in [0.29, 0.717) is 23.1 Å². The van der Waals surface area contributed by atoms with E-state index < -0.39 is 6.29 Å². The Labute approximate surface area is 108 Å². The van der Waals surface area contributed by atoms with Crippen molar-refractivity contribution >= 4 is 28.8 Å². The summed E-state index contributed by atoms with van der Waals surface area (Å²) in [6.07, 6.45) is -0.486. The fourth-order valence-electron chi connectivity index (χ4n) is 1.39. The number of hydrogen-bond donors (Lipinski definition) is 1. The summed E-state index contributed by atoms with van der Waals surface area (Å²) in [5.74, 6) is -0.226. The van der Waals surface area contributed by atoms with Gasteiger partial charge in [-0.15, -0.1) is 11.3 Å². The normalized spacial score (nSPS) is 16.7. The predicted molar refractivity (Wildman–Crippen MR) is 64.4 cm³/mol. The molecule has 0 atom stereocenters. The second-order valence-corrected chi connectivity index (χ2v) is 5.26. The van der Waals surface area contributed by atoms with Crippen LogP contribution in [0.4, 0.5) is 0 Å². The standard InChI is InChI=1S/C10H13ClN2O3S/c1-5(2)12-8(14)9-13-7(11)6(17-9)10-15-3-4-16-10/h5,10H,3-4H2,1-2H3,(H,12,14). The molecule has 2 rings (SSSR count). The number of thiazole rings is 1. The molecule has 1 fully saturated rings. The predicted octanol–water partition coefficient (Wildman–Crippen LogP) is 1.98. The molecule has 17 heavy (non-hydrogen) atoms. The molecule has 2 heterocycles. The Balaban J connectivity index is 2.15. The van der Waals surface area contributed by atoms with Gasteiger partial charge >= 0.3 is 0 Å². The zero-order valence-corrected chi connectivity index (χ0v) is 11.1. The molecule has 0 aliphatic carbocycles. The Hall–Kier alpha value is -0.690. The molecule has 0 aromatic carbocycles. The monoisotopic (exact) mass is 276 g/mol. The minimum absolute atomic E-state index is 0.0626. The Morgan fingerprint density at radius 3 is 2.76 bits per heavy atom. The third-order valence-electron chi connectivity index (χ3n) is 2.06. The van der Waals surface area contributed by atoms with Gasteiger partial charge in [0.2, 0.25) is 0 Å². The lowest BCUT2D eigenvalue weighted by molar-refractivity contribution is -0.0413. The number of carbonyl (C=O) groups is 1. The summed E-state index contributed by atoms with van der Waals surface area (Å²) < 4.78 is 10.7. The van der Waals surface area contributed by atoms with E-state index in [1.165, 1.54) is 11.3 Å². The number of nitrogens with zero attached hydrogens (tertiary/aromatic N) is 1. The van der Waals surface area contributed by atoms with Crippen LogP contribution in [-0.2, 0) is 9.47 Å². The molecule has 94 valence electrons. The van der Waals surface area contributed by atoms with Crippen LogP contribution in [0.1, 0.15) is 34.8 Å². The third kappa shape index (κ3) is 2.95.